The molecule has 0 aromatic carbocycles. The zero-order chi connectivity index (χ0) is 11.7. The predicted octanol–water partition coefficient (Wildman–Crippen LogP) is 1.92. The van der Waals surface area contributed by atoms with Crippen molar-refractivity contribution in [2.75, 3.05) is 19.8 Å². The van der Waals surface area contributed by atoms with Gasteiger partial charge in [-0.2, -0.15) is 0 Å². The largest absolute Gasteiger partial charge is 0.459 e. The van der Waals surface area contributed by atoms with E-state index in [0.717, 1.165) is 39.0 Å². The number of rotatable bonds is 4. The third-order valence-corrected chi connectivity index (χ3v) is 3.46. The first-order chi connectivity index (χ1) is 8.34. The van der Waals surface area contributed by atoms with E-state index in [-0.39, 0.29) is 5.91 Å². The number of amides is 1. The molecule has 1 atom stereocenters. The van der Waals surface area contributed by atoms with Gasteiger partial charge in [-0.3, -0.25) is 4.79 Å². The normalized spacial score (nSPS) is 23.9. The smallest absolute Gasteiger partial charge is 0.289 e. The molecule has 2 fully saturated rings. The summed E-state index contributed by atoms with van der Waals surface area (Å²) in [6.07, 6.45) is 4.87. The Hall–Kier alpha value is -1.29. The van der Waals surface area contributed by atoms with Gasteiger partial charge in [-0.25, -0.2) is 0 Å². The molecule has 2 aliphatic rings. The average Bonchev–Trinajstić information content (AvgIpc) is 2.86. The van der Waals surface area contributed by atoms with E-state index in [1.165, 1.54) is 0 Å². The molecule has 2 heterocycles. The Morgan fingerprint density at radius 1 is 1.41 bits per heavy atom. The van der Waals surface area contributed by atoms with Gasteiger partial charge in [0.25, 0.3) is 5.91 Å². The maximum Gasteiger partial charge on any atom is 0.289 e. The monoisotopic (exact) mass is 235 g/mol. The van der Waals surface area contributed by atoms with Crippen molar-refractivity contribution in [3.05, 3.63) is 24.2 Å². The second-order valence-electron chi connectivity index (χ2n) is 4.90. The van der Waals surface area contributed by atoms with Crippen LogP contribution in [0.4, 0.5) is 0 Å². The summed E-state index contributed by atoms with van der Waals surface area (Å²) in [5, 5.41) is 0. The van der Waals surface area contributed by atoms with Crippen LogP contribution in [0.15, 0.2) is 22.8 Å². The van der Waals surface area contributed by atoms with Crippen molar-refractivity contribution >= 4 is 5.91 Å². The number of ether oxygens (including phenoxy) is 1. The minimum absolute atomic E-state index is 0.0319. The highest BCUT2D eigenvalue weighted by molar-refractivity contribution is 5.91. The van der Waals surface area contributed by atoms with Crippen LogP contribution in [-0.2, 0) is 4.74 Å². The van der Waals surface area contributed by atoms with Crippen LogP contribution >= 0.6 is 0 Å². The predicted molar refractivity (Wildman–Crippen MR) is 61.7 cm³/mol. The Morgan fingerprint density at radius 2 is 2.29 bits per heavy atom. The van der Waals surface area contributed by atoms with E-state index in [2.05, 4.69) is 0 Å². The molecule has 0 spiro atoms. The van der Waals surface area contributed by atoms with E-state index in [1.807, 2.05) is 4.90 Å². The third-order valence-electron chi connectivity index (χ3n) is 3.46. The molecule has 0 unspecified atom stereocenters. The number of hydrogen-bond acceptors (Lipinski definition) is 3. The maximum atomic E-state index is 12.3. The summed E-state index contributed by atoms with van der Waals surface area (Å²) in [6.45, 7) is 2.43. The Bertz CT molecular complexity index is 377. The van der Waals surface area contributed by atoms with Crippen molar-refractivity contribution < 1.29 is 13.9 Å². The second-order valence-corrected chi connectivity index (χ2v) is 4.90. The Kier molecular flexibility index (Phi) is 2.89. The molecule has 1 aromatic heterocycles. The van der Waals surface area contributed by atoms with Gasteiger partial charge in [0, 0.05) is 25.1 Å². The zero-order valence-electron chi connectivity index (χ0n) is 9.80. The first-order valence-corrected chi connectivity index (χ1v) is 6.27. The number of nitrogens with zero attached hydrogens (tertiary/aromatic N) is 1. The fourth-order valence-electron chi connectivity index (χ4n) is 2.33. The summed E-state index contributed by atoms with van der Waals surface area (Å²) < 4.78 is 10.6. The van der Waals surface area contributed by atoms with Gasteiger partial charge in [-0.1, -0.05) is 0 Å². The highest BCUT2D eigenvalue weighted by Crippen LogP contribution is 2.30. The molecule has 4 nitrogen and oxygen atoms in total. The van der Waals surface area contributed by atoms with Gasteiger partial charge < -0.3 is 14.1 Å². The summed E-state index contributed by atoms with van der Waals surface area (Å²) in [5.41, 5.74) is 0. The fourth-order valence-corrected chi connectivity index (χ4v) is 2.33. The highest BCUT2D eigenvalue weighted by atomic mass is 16.5. The van der Waals surface area contributed by atoms with Gasteiger partial charge in [-0.15, -0.1) is 0 Å². The summed E-state index contributed by atoms with van der Waals surface area (Å²) in [6, 6.07) is 3.92. The van der Waals surface area contributed by atoms with Crippen LogP contribution in [0.1, 0.15) is 29.8 Å². The van der Waals surface area contributed by atoms with E-state index in [0.29, 0.717) is 17.7 Å². The van der Waals surface area contributed by atoms with Gasteiger partial charge in [0.05, 0.1) is 12.9 Å². The Morgan fingerprint density at radius 3 is 2.88 bits per heavy atom. The average molecular weight is 235 g/mol. The fraction of sp³-hybridized carbons (Fsp3) is 0.615. The standard InChI is InChI=1S/C13H17NO3/c15-13(12-2-1-6-17-12)14(11-3-4-11)8-10-5-7-16-9-10/h1-2,6,10-11H,3-5,7-9H2/t10-/m0/s1. The van der Waals surface area contributed by atoms with E-state index in [9.17, 15) is 4.79 Å². The number of hydrogen-bond donors (Lipinski definition) is 0. The van der Waals surface area contributed by atoms with E-state index in [1.54, 1.807) is 18.4 Å². The molecule has 1 saturated carbocycles. The van der Waals surface area contributed by atoms with Crippen LogP contribution < -0.4 is 0 Å². The molecule has 3 rings (SSSR count). The van der Waals surface area contributed by atoms with Crippen LogP contribution in [-0.4, -0.2) is 36.6 Å². The molecule has 1 saturated heterocycles. The van der Waals surface area contributed by atoms with Gasteiger partial charge >= 0.3 is 0 Å². The molecular formula is C13H17NO3. The van der Waals surface area contributed by atoms with Crippen molar-refractivity contribution in [1.29, 1.82) is 0 Å². The summed E-state index contributed by atoms with van der Waals surface area (Å²) in [7, 11) is 0. The zero-order valence-corrected chi connectivity index (χ0v) is 9.80. The molecule has 1 aliphatic carbocycles. The van der Waals surface area contributed by atoms with Crippen LogP contribution in [0.5, 0.6) is 0 Å². The molecule has 0 radical (unpaired) electrons. The SMILES string of the molecule is O=C(c1ccco1)N(C[C@@H]1CCOC1)C1CC1. The topological polar surface area (TPSA) is 42.7 Å². The summed E-state index contributed by atoms with van der Waals surface area (Å²) in [4.78, 5) is 14.2. The quantitative estimate of drug-likeness (QED) is 0.800. The van der Waals surface area contributed by atoms with Crippen LogP contribution in [0.25, 0.3) is 0 Å². The lowest BCUT2D eigenvalue weighted by atomic mass is 10.1. The van der Waals surface area contributed by atoms with Crippen LogP contribution in [0.2, 0.25) is 0 Å². The third kappa shape index (κ3) is 2.36. The van der Waals surface area contributed by atoms with Crippen molar-refractivity contribution in [3.8, 4) is 0 Å². The minimum Gasteiger partial charge on any atom is -0.459 e. The maximum absolute atomic E-state index is 12.3. The van der Waals surface area contributed by atoms with Gasteiger partial charge in [0.2, 0.25) is 0 Å². The van der Waals surface area contributed by atoms with E-state index < -0.39 is 0 Å². The minimum atomic E-state index is 0.0319. The van der Waals surface area contributed by atoms with E-state index >= 15 is 0 Å². The molecule has 1 amide bonds. The number of furan rings is 1. The van der Waals surface area contributed by atoms with Crippen LogP contribution in [0, 0.1) is 5.92 Å². The molecule has 0 N–H and O–H groups in total. The Labute approximate surface area is 101 Å². The number of carbonyl (C=O) groups excluding carboxylic acids is 1. The Balaban J connectivity index is 1.69. The number of carbonyl (C=O) groups is 1. The van der Waals surface area contributed by atoms with Crippen molar-refractivity contribution in [3.63, 3.8) is 0 Å². The lowest BCUT2D eigenvalue weighted by molar-refractivity contribution is 0.0674. The highest BCUT2D eigenvalue weighted by Gasteiger charge is 2.36. The lowest BCUT2D eigenvalue weighted by Gasteiger charge is -2.24. The summed E-state index contributed by atoms with van der Waals surface area (Å²) >= 11 is 0. The lowest BCUT2D eigenvalue weighted by Crippen LogP contribution is -2.37. The molecule has 1 aromatic rings. The molecular weight excluding hydrogens is 218 g/mol. The van der Waals surface area contributed by atoms with Crippen molar-refractivity contribution in [2.45, 2.75) is 25.3 Å². The van der Waals surface area contributed by atoms with Gasteiger partial charge in [0.1, 0.15) is 0 Å². The first kappa shape index (κ1) is 10.8. The molecule has 92 valence electrons. The first-order valence-electron chi connectivity index (χ1n) is 6.27. The van der Waals surface area contributed by atoms with Crippen molar-refractivity contribution in [2.24, 2.45) is 5.92 Å². The summed E-state index contributed by atoms with van der Waals surface area (Å²) in [5.74, 6) is 0.981. The van der Waals surface area contributed by atoms with Crippen molar-refractivity contribution in [1.82, 2.24) is 4.90 Å². The van der Waals surface area contributed by atoms with Gasteiger partial charge in [-0.05, 0) is 31.4 Å². The molecule has 17 heavy (non-hydrogen) atoms. The van der Waals surface area contributed by atoms with Gasteiger partial charge in [0.15, 0.2) is 5.76 Å². The van der Waals surface area contributed by atoms with Crippen LogP contribution in [0.3, 0.4) is 0 Å². The molecule has 4 heteroatoms. The molecule has 0 bridgehead atoms. The second kappa shape index (κ2) is 4.53. The van der Waals surface area contributed by atoms with E-state index in [4.69, 9.17) is 9.15 Å². The molecule has 1 aliphatic heterocycles.